The molecule has 0 atom stereocenters. The molecular weight excluding hydrogens is 681 g/mol. The molecule has 2 aromatic rings. The van der Waals surface area contributed by atoms with E-state index in [2.05, 4.69) is 14.8 Å². The van der Waals surface area contributed by atoms with Crippen LogP contribution in [0, 0.1) is 0 Å². The summed E-state index contributed by atoms with van der Waals surface area (Å²) in [6, 6.07) is 9.13. The Labute approximate surface area is 234 Å². The number of hydrogen-bond acceptors (Lipinski definition) is 8. The molecule has 0 aliphatic carbocycles. The summed E-state index contributed by atoms with van der Waals surface area (Å²) in [5, 5.41) is 24.2. The fourth-order valence-electron chi connectivity index (χ4n) is 1.09. The summed E-state index contributed by atoms with van der Waals surface area (Å²) in [4.78, 5) is 26.7. The number of phenolic OH excluding ortho intramolecular Hbond substituents is 1. The molecule has 1 aromatic heterocycles. The molecular formula is C11H21NO13Zn5-2. The zero-order chi connectivity index (χ0) is 14.5. The summed E-state index contributed by atoms with van der Waals surface area (Å²) < 4.78 is 0. The van der Waals surface area contributed by atoms with Gasteiger partial charge in [0.15, 0.2) is 0 Å². The molecule has 30 heavy (non-hydrogen) atoms. The van der Waals surface area contributed by atoms with E-state index in [0.29, 0.717) is 5.52 Å². The molecule has 0 radical (unpaired) electrons. The molecule has 15 N–H and O–H groups in total. The molecule has 19 heteroatoms. The number of nitrogens with zero attached hydrogens (tertiary/aromatic N) is 1. The van der Waals surface area contributed by atoms with Crippen molar-refractivity contribution in [3.8, 4) is 5.75 Å². The number of aromatic nitrogens is 1. The molecule has 1 aromatic carbocycles. The van der Waals surface area contributed by atoms with Crippen LogP contribution < -0.4 is 0 Å². The van der Waals surface area contributed by atoms with Crippen LogP contribution in [0.15, 0.2) is 36.5 Å². The number of aromatic hydroxyl groups is 1. The Morgan fingerprint density at radius 2 is 1.03 bits per heavy atom. The average molecular weight is 702 g/mol. The number of pyridine rings is 1. The van der Waals surface area contributed by atoms with E-state index in [4.69, 9.17) is 20.1 Å². The number of rotatable bonds is 2. The van der Waals surface area contributed by atoms with E-state index in [9.17, 15) is 5.11 Å². The predicted octanol–water partition coefficient (Wildman–Crippen LogP) is -3.93. The van der Waals surface area contributed by atoms with Gasteiger partial charge in [0, 0.05) is 109 Å². The smallest absolute Gasteiger partial charge is 0.141 e. The Morgan fingerprint density at radius 3 is 1.33 bits per heavy atom. The van der Waals surface area contributed by atoms with Crippen LogP contribution in [0.25, 0.3) is 10.9 Å². The molecule has 0 aliphatic rings. The van der Waals surface area contributed by atoms with Crippen LogP contribution in [0.5, 0.6) is 5.75 Å². The first-order valence-corrected chi connectivity index (χ1v) is 4.59. The molecule has 0 aliphatic heterocycles. The Morgan fingerprint density at radius 1 is 0.700 bits per heavy atom. The van der Waals surface area contributed by atoms with Crippen molar-refractivity contribution in [3.63, 3.8) is 0 Å². The number of phenols is 1. The van der Waals surface area contributed by atoms with Crippen molar-refractivity contribution in [2.24, 2.45) is 0 Å². The van der Waals surface area contributed by atoms with Crippen molar-refractivity contribution in [2.45, 2.75) is 0 Å². The number of hydrogen-bond donors (Lipinski definition) is 3. The molecule has 0 unspecified atom stereocenters. The van der Waals surface area contributed by atoms with Gasteiger partial charge in [0.2, 0.25) is 0 Å². The predicted molar refractivity (Wildman–Crippen MR) is 83.9 cm³/mol. The van der Waals surface area contributed by atoms with Crippen molar-refractivity contribution >= 4 is 23.8 Å². The van der Waals surface area contributed by atoms with E-state index >= 15 is 0 Å². The SMILES string of the molecule is O.O.O.O.O.O.O=[C-]OO.O=[C-]OO.Oc1cccc2cccnc12.[Zn].[Zn].[Zn].[Zn].[Zn]. The van der Waals surface area contributed by atoms with Crippen molar-refractivity contribution in [3.05, 3.63) is 36.5 Å². The van der Waals surface area contributed by atoms with Crippen molar-refractivity contribution in [2.75, 3.05) is 0 Å². The van der Waals surface area contributed by atoms with Gasteiger partial charge in [0.25, 0.3) is 0 Å². The Hall–Kier alpha value is 0.167. The third-order valence-corrected chi connectivity index (χ3v) is 1.69. The Bertz CT molecular complexity index is 516. The summed E-state index contributed by atoms with van der Waals surface area (Å²) in [6.07, 6.45) is 1.67. The van der Waals surface area contributed by atoms with E-state index in [1.165, 1.54) is 0 Å². The first kappa shape index (κ1) is 77.8. The molecule has 2 rings (SSSR count). The molecule has 160 valence electrons. The van der Waals surface area contributed by atoms with Crippen molar-refractivity contribution < 1.29 is 165 Å². The second kappa shape index (κ2) is 56.9. The summed E-state index contributed by atoms with van der Waals surface area (Å²) in [6.45, 7) is 1.47. The van der Waals surface area contributed by atoms with Gasteiger partial charge in [-0.3, -0.25) is 4.98 Å². The molecule has 0 saturated carbocycles. The number of benzene rings is 1. The molecule has 14 nitrogen and oxygen atoms in total. The van der Waals surface area contributed by atoms with Gasteiger partial charge in [0.05, 0.1) is 0 Å². The fourth-order valence-corrected chi connectivity index (χ4v) is 1.09. The van der Waals surface area contributed by atoms with Gasteiger partial charge in [-0.1, -0.05) is 18.2 Å². The number of fused-ring (bicyclic) bond motifs is 1. The van der Waals surface area contributed by atoms with Gasteiger partial charge >= 0.3 is 0 Å². The van der Waals surface area contributed by atoms with Gasteiger partial charge in [-0.25, -0.2) is 10.5 Å². The van der Waals surface area contributed by atoms with E-state index in [0.717, 1.165) is 18.3 Å². The minimum atomic E-state index is 0. The monoisotopic (exact) mass is 695 g/mol. The Kier molecular flexibility index (Phi) is 147. The standard InChI is InChI=1S/C9H7NO.2CHO3.6H2O.5Zn/c11-8-5-1-3-7-4-2-6-10-9(7)8;2*2-1-4-3;;;;;;;;;;;/h1-6,11H;2*3H;6*1H2;;;;;/q;2*-1;;;;;;;;;;;. The molecule has 0 fully saturated rings. The average Bonchev–Trinajstić information content (AvgIpc) is 2.48. The first-order chi connectivity index (χ1) is 9.21. The van der Waals surface area contributed by atoms with E-state index in [1.54, 1.807) is 18.3 Å². The van der Waals surface area contributed by atoms with E-state index in [-0.39, 0.29) is 136 Å². The van der Waals surface area contributed by atoms with Gasteiger partial charge in [-0.2, -0.15) is 0 Å². The molecule has 0 saturated heterocycles. The van der Waals surface area contributed by atoms with Crippen molar-refractivity contribution in [1.82, 2.24) is 4.98 Å². The van der Waals surface area contributed by atoms with Crippen molar-refractivity contribution in [1.29, 1.82) is 0 Å². The van der Waals surface area contributed by atoms with Crippen LogP contribution in [-0.2, 0) is 117 Å². The summed E-state index contributed by atoms with van der Waals surface area (Å²) in [5.41, 5.74) is 0.662. The minimum absolute atomic E-state index is 0. The topological polar surface area (TPSA) is 315 Å². The van der Waals surface area contributed by atoms with Gasteiger partial charge < -0.3 is 57.3 Å². The summed E-state index contributed by atoms with van der Waals surface area (Å²) >= 11 is 0. The number of para-hydroxylation sites is 1. The fraction of sp³-hybridized carbons (Fsp3) is 0. The van der Waals surface area contributed by atoms with Crippen LogP contribution in [0.3, 0.4) is 0 Å². The molecule has 0 spiro atoms. The third kappa shape index (κ3) is 38.7. The van der Waals surface area contributed by atoms with E-state index in [1.807, 2.05) is 18.2 Å². The minimum Gasteiger partial charge on any atom is -0.509 e. The second-order valence-corrected chi connectivity index (χ2v) is 2.70. The third-order valence-electron chi connectivity index (χ3n) is 1.69. The van der Waals surface area contributed by atoms with Crippen LogP contribution in [0.1, 0.15) is 0 Å². The normalized spacial score (nSPS) is 5.13. The molecule has 0 amide bonds. The van der Waals surface area contributed by atoms with Gasteiger partial charge in [-0.15, -0.1) is 0 Å². The van der Waals surface area contributed by atoms with Crippen LogP contribution in [0.4, 0.5) is 0 Å². The summed E-state index contributed by atoms with van der Waals surface area (Å²) in [7, 11) is 0. The first-order valence-electron chi connectivity index (χ1n) is 4.59. The Balaban J connectivity index is -0.0000000155. The van der Waals surface area contributed by atoms with Gasteiger partial charge in [0.1, 0.15) is 11.3 Å². The second-order valence-electron chi connectivity index (χ2n) is 2.70. The van der Waals surface area contributed by atoms with E-state index < -0.39 is 0 Å². The zero-order valence-electron chi connectivity index (χ0n) is 15.9. The molecule has 1 heterocycles. The summed E-state index contributed by atoms with van der Waals surface area (Å²) in [5.74, 6) is 0.239. The maximum Gasteiger partial charge on any atom is 0.141 e. The van der Waals surface area contributed by atoms with Crippen LogP contribution in [0.2, 0.25) is 0 Å². The van der Waals surface area contributed by atoms with Crippen LogP contribution >= 0.6 is 0 Å². The number of carbonyl (C=O) groups excluding carboxylic acids is 2. The molecule has 0 bridgehead atoms. The zero-order valence-corrected chi connectivity index (χ0v) is 30.8. The maximum absolute atomic E-state index is 9.31. The van der Waals surface area contributed by atoms with Crippen LogP contribution in [-0.4, -0.2) is 66.4 Å². The quantitative estimate of drug-likeness (QED) is 0.120. The largest absolute Gasteiger partial charge is 0.509 e. The van der Waals surface area contributed by atoms with Gasteiger partial charge in [-0.05, 0) is 25.1 Å². The maximum atomic E-state index is 9.31.